The van der Waals surface area contributed by atoms with Gasteiger partial charge in [-0.3, -0.25) is 4.79 Å². The molecule has 0 spiro atoms. The Labute approximate surface area is 162 Å². The van der Waals surface area contributed by atoms with Crippen molar-refractivity contribution in [2.24, 2.45) is 0 Å². The van der Waals surface area contributed by atoms with Crippen LogP contribution in [0.15, 0.2) is 60.7 Å². The number of carbonyl (C=O) groups is 1. The number of hydrogen-bond donors (Lipinski definition) is 1. The predicted octanol–water partition coefficient (Wildman–Crippen LogP) is 2.98. The molecule has 2 aromatic rings. The van der Waals surface area contributed by atoms with Crippen LogP contribution in [-0.2, 0) is 4.79 Å². The van der Waals surface area contributed by atoms with Crippen molar-refractivity contribution in [3.63, 3.8) is 0 Å². The fourth-order valence-electron chi connectivity index (χ4n) is 3.28. The lowest BCUT2D eigenvalue weighted by molar-refractivity contribution is -0.115. The molecule has 0 aromatic heterocycles. The van der Waals surface area contributed by atoms with Gasteiger partial charge in [0.2, 0.25) is 0 Å². The van der Waals surface area contributed by atoms with E-state index in [-0.39, 0.29) is 5.91 Å². The van der Waals surface area contributed by atoms with Gasteiger partial charge in [-0.2, -0.15) is 0 Å². The fourth-order valence-corrected chi connectivity index (χ4v) is 3.28. The number of hydrogen-bond acceptors (Lipinski definition) is 3. The molecule has 142 valence electrons. The molecule has 1 amide bonds. The molecule has 0 radical (unpaired) electrons. The highest BCUT2D eigenvalue weighted by Crippen LogP contribution is 2.18. The third kappa shape index (κ3) is 6.05. The Kier molecular flexibility index (Phi) is 7.19. The van der Waals surface area contributed by atoms with Crippen LogP contribution in [-0.4, -0.2) is 62.0 Å². The highest BCUT2D eigenvalue weighted by molar-refractivity contribution is 6.24. The number of carbonyl (C=O) groups excluding carboxylic acids is 1. The molecule has 0 bridgehead atoms. The normalized spacial score (nSPS) is 16.3. The SMILES string of the molecule is CN1CCN(CCCNC(=O)/C(=C/c2ccccc2)c2ccccc2)CC1. The van der Waals surface area contributed by atoms with E-state index >= 15 is 0 Å². The molecule has 4 heteroatoms. The van der Waals surface area contributed by atoms with Crippen molar-refractivity contribution in [2.45, 2.75) is 6.42 Å². The molecule has 3 rings (SSSR count). The molecular formula is C23H29N3O. The molecule has 0 saturated carbocycles. The van der Waals surface area contributed by atoms with Crippen molar-refractivity contribution in [3.8, 4) is 0 Å². The van der Waals surface area contributed by atoms with Gasteiger partial charge in [0.05, 0.1) is 0 Å². The van der Waals surface area contributed by atoms with E-state index in [1.54, 1.807) is 0 Å². The number of piperazine rings is 1. The monoisotopic (exact) mass is 363 g/mol. The maximum absolute atomic E-state index is 12.8. The number of nitrogens with one attached hydrogen (secondary N) is 1. The number of likely N-dealkylation sites (N-methyl/N-ethyl adjacent to an activating group) is 1. The van der Waals surface area contributed by atoms with Crippen LogP contribution < -0.4 is 5.32 Å². The summed E-state index contributed by atoms with van der Waals surface area (Å²) in [7, 11) is 2.17. The molecule has 1 saturated heterocycles. The summed E-state index contributed by atoms with van der Waals surface area (Å²) < 4.78 is 0. The lowest BCUT2D eigenvalue weighted by atomic mass is 10.0. The van der Waals surface area contributed by atoms with E-state index in [1.807, 2.05) is 66.7 Å². The molecule has 1 aliphatic heterocycles. The van der Waals surface area contributed by atoms with Gasteiger partial charge in [0.15, 0.2) is 0 Å². The van der Waals surface area contributed by atoms with Gasteiger partial charge in [-0.1, -0.05) is 60.7 Å². The predicted molar refractivity (Wildman–Crippen MR) is 112 cm³/mol. The zero-order valence-corrected chi connectivity index (χ0v) is 16.1. The van der Waals surface area contributed by atoms with Crippen molar-refractivity contribution < 1.29 is 4.79 Å². The lowest BCUT2D eigenvalue weighted by Gasteiger charge is -2.32. The molecule has 0 atom stereocenters. The standard InChI is InChI=1S/C23H29N3O/c1-25-15-17-26(18-16-25)14-8-13-24-23(27)22(21-11-6-3-7-12-21)19-20-9-4-2-5-10-20/h2-7,9-12,19H,8,13-18H2,1H3,(H,24,27)/b22-19+. The summed E-state index contributed by atoms with van der Waals surface area (Å²) in [5.41, 5.74) is 2.68. The minimum atomic E-state index is -0.0107. The average molecular weight is 364 g/mol. The van der Waals surface area contributed by atoms with E-state index < -0.39 is 0 Å². The van der Waals surface area contributed by atoms with Crippen LogP contribution in [0.2, 0.25) is 0 Å². The first-order valence-corrected chi connectivity index (χ1v) is 9.73. The van der Waals surface area contributed by atoms with Crippen LogP contribution in [0.25, 0.3) is 11.6 Å². The first kappa shape index (κ1) is 19.3. The third-order valence-electron chi connectivity index (χ3n) is 4.97. The highest BCUT2D eigenvalue weighted by Gasteiger charge is 2.14. The Morgan fingerprint density at radius 1 is 0.963 bits per heavy atom. The van der Waals surface area contributed by atoms with Gasteiger partial charge in [-0.05, 0) is 37.2 Å². The Bertz CT molecular complexity index is 735. The van der Waals surface area contributed by atoms with Gasteiger partial charge in [-0.25, -0.2) is 0 Å². The minimum absolute atomic E-state index is 0.0107. The second-order valence-corrected chi connectivity index (χ2v) is 7.09. The summed E-state index contributed by atoms with van der Waals surface area (Å²) in [6.45, 7) is 6.23. The molecule has 2 aromatic carbocycles. The molecule has 1 aliphatic rings. The van der Waals surface area contributed by atoms with Gasteiger partial charge in [-0.15, -0.1) is 0 Å². The lowest BCUT2D eigenvalue weighted by Crippen LogP contribution is -2.45. The van der Waals surface area contributed by atoms with E-state index in [4.69, 9.17) is 0 Å². The molecule has 0 aliphatic carbocycles. The number of nitrogens with zero attached hydrogens (tertiary/aromatic N) is 2. The Morgan fingerprint density at radius 3 is 2.26 bits per heavy atom. The molecule has 1 fully saturated rings. The number of benzene rings is 2. The largest absolute Gasteiger partial charge is 0.352 e. The Morgan fingerprint density at radius 2 is 1.59 bits per heavy atom. The van der Waals surface area contributed by atoms with Crippen LogP contribution >= 0.6 is 0 Å². The summed E-state index contributed by atoms with van der Waals surface area (Å²) in [5.74, 6) is -0.0107. The molecule has 1 heterocycles. The first-order chi connectivity index (χ1) is 13.2. The maximum Gasteiger partial charge on any atom is 0.251 e. The van der Waals surface area contributed by atoms with Crippen molar-refractivity contribution in [3.05, 3.63) is 71.8 Å². The number of rotatable bonds is 7. The Balaban J connectivity index is 1.58. The van der Waals surface area contributed by atoms with Gasteiger partial charge >= 0.3 is 0 Å². The maximum atomic E-state index is 12.8. The van der Waals surface area contributed by atoms with Crippen molar-refractivity contribution >= 4 is 17.6 Å². The minimum Gasteiger partial charge on any atom is -0.352 e. The molecule has 0 unspecified atom stereocenters. The summed E-state index contributed by atoms with van der Waals surface area (Å²) >= 11 is 0. The van der Waals surface area contributed by atoms with Gasteiger partial charge in [0.1, 0.15) is 0 Å². The van der Waals surface area contributed by atoms with Gasteiger partial charge in [0.25, 0.3) is 5.91 Å². The second kappa shape index (κ2) is 10.0. The average Bonchev–Trinajstić information content (AvgIpc) is 2.72. The summed E-state index contributed by atoms with van der Waals surface area (Å²) in [6.07, 6.45) is 2.94. The zero-order chi connectivity index (χ0) is 18.9. The zero-order valence-electron chi connectivity index (χ0n) is 16.1. The highest BCUT2D eigenvalue weighted by atomic mass is 16.1. The van der Waals surface area contributed by atoms with Crippen LogP contribution in [0, 0.1) is 0 Å². The van der Waals surface area contributed by atoms with E-state index in [0.29, 0.717) is 12.1 Å². The third-order valence-corrected chi connectivity index (χ3v) is 4.97. The van der Waals surface area contributed by atoms with Gasteiger partial charge < -0.3 is 15.1 Å². The fraction of sp³-hybridized carbons (Fsp3) is 0.348. The summed E-state index contributed by atoms with van der Waals surface area (Å²) in [6, 6.07) is 19.9. The van der Waals surface area contributed by atoms with E-state index in [9.17, 15) is 4.79 Å². The molecule has 4 nitrogen and oxygen atoms in total. The van der Waals surface area contributed by atoms with E-state index in [0.717, 1.165) is 50.3 Å². The van der Waals surface area contributed by atoms with Crippen LogP contribution in [0.5, 0.6) is 0 Å². The smallest absolute Gasteiger partial charge is 0.251 e. The van der Waals surface area contributed by atoms with E-state index in [1.165, 1.54) is 0 Å². The topological polar surface area (TPSA) is 35.6 Å². The van der Waals surface area contributed by atoms with Crippen molar-refractivity contribution in [1.29, 1.82) is 0 Å². The van der Waals surface area contributed by atoms with E-state index in [2.05, 4.69) is 22.2 Å². The molecule has 1 N–H and O–H groups in total. The quantitative estimate of drug-likeness (QED) is 0.467. The number of amides is 1. The van der Waals surface area contributed by atoms with Crippen LogP contribution in [0.1, 0.15) is 17.5 Å². The first-order valence-electron chi connectivity index (χ1n) is 9.73. The summed E-state index contributed by atoms with van der Waals surface area (Å²) in [5, 5.41) is 3.11. The van der Waals surface area contributed by atoms with Gasteiger partial charge in [0, 0.05) is 38.3 Å². The van der Waals surface area contributed by atoms with Crippen LogP contribution in [0.4, 0.5) is 0 Å². The Hall–Kier alpha value is -2.43. The molecular weight excluding hydrogens is 334 g/mol. The van der Waals surface area contributed by atoms with Crippen molar-refractivity contribution in [1.82, 2.24) is 15.1 Å². The molecule has 27 heavy (non-hydrogen) atoms. The summed E-state index contributed by atoms with van der Waals surface area (Å²) in [4.78, 5) is 17.7. The second-order valence-electron chi connectivity index (χ2n) is 7.09. The van der Waals surface area contributed by atoms with Crippen LogP contribution in [0.3, 0.4) is 0 Å². The van der Waals surface area contributed by atoms with Crippen molar-refractivity contribution in [2.75, 3.05) is 46.3 Å².